The predicted octanol–water partition coefficient (Wildman–Crippen LogP) is 2.70. The standard InChI is InChI=1S/C17H21ClN2O4/c1-3-10(2)15(17(23)24)19-16(22)12-9-11(6-7-13(12)18)20-8-4-5-14(20)21/h6-7,9-10,15H,3-5,8H2,1-2H3,(H,19,22)(H,23,24)/t10-,15-/m0/s1. The first-order chi connectivity index (χ1) is 11.3. The van der Waals surface area contributed by atoms with Gasteiger partial charge in [-0.25, -0.2) is 4.79 Å². The number of carboxylic acids is 1. The summed E-state index contributed by atoms with van der Waals surface area (Å²) in [6, 6.07) is 3.79. The SMILES string of the molecule is CC[C@H](C)[C@H](NC(=O)c1cc(N2CCCC2=O)ccc1Cl)C(=O)O. The second-order valence-electron chi connectivity index (χ2n) is 5.99. The van der Waals surface area contributed by atoms with E-state index in [9.17, 15) is 19.5 Å². The Kier molecular flexibility index (Phi) is 5.83. The van der Waals surface area contributed by atoms with Gasteiger partial charge in [-0.05, 0) is 30.5 Å². The highest BCUT2D eigenvalue weighted by Crippen LogP contribution is 2.27. The average Bonchev–Trinajstić information content (AvgIpc) is 2.98. The summed E-state index contributed by atoms with van der Waals surface area (Å²) in [6.45, 7) is 4.23. The maximum atomic E-state index is 12.5. The van der Waals surface area contributed by atoms with E-state index in [4.69, 9.17) is 11.6 Å². The van der Waals surface area contributed by atoms with Gasteiger partial charge in [0, 0.05) is 18.7 Å². The third-order valence-electron chi connectivity index (χ3n) is 4.35. The van der Waals surface area contributed by atoms with Crippen molar-refractivity contribution in [3.63, 3.8) is 0 Å². The van der Waals surface area contributed by atoms with Crippen LogP contribution in [0.4, 0.5) is 5.69 Å². The Bertz CT molecular complexity index is 662. The fourth-order valence-electron chi connectivity index (χ4n) is 2.68. The molecule has 2 atom stereocenters. The van der Waals surface area contributed by atoms with Gasteiger partial charge in [-0.3, -0.25) is 9.59 Å². The zero-order chi connectivity index (χ0) is 17.9. The van der Waals surface area contributed by atoms with Crippen molar-refractivity contribution in [2.75, 3.05) is 11.4 Å². The lowest BCUT2D eigenvalue weighted by atomic mass is 9.99. The molecule has 0 spiro atoms. The maximum absolute atomic E-state index is 12.5. The number of anilines is 1. The highest BCUT2D eigenvalue weighted by Gasteiger charge is 2.28. The van der Waals surface area contributed by atoms with Crippen molar-refractivity contribution < 1.29 is 19.5 Å². The zero-order valence-electron chi connectivity index (χ0n) is 13.7. The number of hydrogen-bond donors (Lipinski definition) is 2. The average molecular weight is 353 g/mol. The molecule has 2 amide bonds. The first kappa shape index (κ1) is 18.3. The van der Waals surface area contributed by atoms with Gasteiger partial charge in [0.05, 0.1) is 10.6 Å². The smallest absolute Gasteiger partial charge is 0.326 e. The predicted molar refractivity (Wildman–Crippen MR) is 91.4 cm³/mol. The number of aliphatic carboxylic acids is 1. The molecule has 1 aliphatic rings. The second kappa shape index (κ2) is 7.66. The van der Waals surface area contributed by atoms with Gasteiger partial charge in [0.15, 0.2) is 0 Å². The molecular formula is C17H21ClN2O4. The Morgan fingerprint density at radius 2 is 2.12 bits per heavy atom. The largest absolute Gasteiger partial charge is 0.480 e. The molecule has 0 bridgehead atoms. The van der Waals surface area contributed by atoms with Crippen LogP contribution in [-0.4, -0.2) is 35.5 Å². The number of benzene rings is 1. The van der Waals surface area contributed by atoms with Gasteiger partial charge in [0.1, 0.15) is 6.04 Å². The van der Waals surface area contributed by atoms with Crippen LogP contribution in [0.1, 0.15) is 43.5 Å². The fourth-order valence-corrected chi connectivity index (χ4v) is 2.88. The number of carbonyl (C=O) groups is 3. The molecule has 0 unspecified atom stereocenters. The Morgan fingerprint density at radius 3 is 2.67 bits per heavy atom. The number of amides is 2. The molecule has 0 aliphatic carbocycles. The van der Waals surface area contributed by atoms with Crippen LogP contribution >= 0.6 is 11.6 Å². The molecule has 0 aromatic heterocycles. The number of carboxylic acid groups (broad SMARTS) is 1. The minimum Gasteiger partial charge on any atom is -0.480 e. The van der Waals surface area contributed by atoms with Gasteiger partial charge in [0.2, 0.25) is 5.91 Å². The lowest BCUT2D eigenvalue weighted by molar-refractivity contribution is -0.140. The quantitative estimate of drug-likeness (QED) is 0.824. The molecule has 130 valence electrons. The summed E-state index contributed by atoms with van der Waals surface area (Å²) >= 11 is 6.10. The molecule has 7 heteroatoms. The summed E-state index contributed by atoms with van der Waals surface area (Å²) in [6.07, 6.45) is 1.88. The van der Waals surface area contributed by atoms with Crippen LogP contribution in [0.2, 0.25) is 5.02 Å². The van der Waals surface area contributed by atoms with E-state index in [1.807, 2.05) is 6.92 Å². The van der Waals surface area contributed by atoms with Crippen molar-refractivity contribution in [3.8, 4) is 0 Å². The molecule has 0 saturated carbocycles. The summed E-state index contributed by atoms with van der Waals surface area (Å²) < 4.78 is 0. The molecule has 6 nitrogen and oxygen atoms in total. The Hall–Kier alpha value is -2.08. The van der Waals surface area contributed by atoms with E-state index in [0.717, 1.165) is 6.42 Å². The van der Waals surface area contributed by atoms with Crippen molar-refractivity contribution in [2.24, 2.45) is 5.92 Å². The van der Waals surface area contributed by atoms with Gasteiger partial charge < -0.3 is 15.3 Å². The van der Waals surface area contributed by atoms with E-state index in [1.165, 1.54) is 6.07 Å². The van der Waals surface area contributed by atoms with E-state index in [2.05, 4.69) is 5.32 Å². The molecule has 2 rings (SSSR count). The van der Waals surface area contributed by atoms with E-state index in [1.54, 1.807) is 24.0 Å². The van der Waals surface area contributed by atoms with E-state index >= 15 is 0 Å². The van der Waals surface area contributed by atoms with Crippen LogP contribution in [-0.2, 0) is 9.59 Å². The van der Waals surface area contributed by atoms with Crippen LogP contribution in [0.25, 0.3) is 0 Å². The lowest BCUT2D eigenvalue weighted by Crippen LogP contribution is -2.45. The normalized spacial score (nSPS) is 16.8. The summed E-state index contributed by atoms with van der Waals surface area (Å²) in [7, 11) is 0. The highest BCUT2D eigenvalue weighted by atomic mass is 35.5. The molecule has 1 aromatic carbocycles. The van der Waals surface area contributed by atoms with Crippen LogP contribution in [0.15, 0.2) is 18.2 Å². The minimum absolute atomic E-state index is 0.00620. The van der Waals surface area contributed by atoms with E-state index in [0.29, 0.717) is 25.1 Å². The molecular weight excluding hydrogens is 332 g/mol. The fraction of sp³-hybridized carbons (Fsp3) is 0.471. The number of nitrogens with zero attached hydrogens (tertiary/aromatic N) is 1. The Labute approximate surface area is 145 Å². The third kappa shape index (κ3) is 3.87. The Balaban J connectivity index is 2.25. The lowest BCUT2D eigenvalue weighted by Gasteiger charge is -2.21. The van der Waals surface area contributed by atoms with Gasteiger partial charge >= 0.3 is 5.97 Å². The molecule has 1 aromatic rings. The molecule has 1 heterocycles. The van der Waals surface area contributed by atoms with Crippen LogP contribution in [0.5, 0.6) is 0 Å². The summed E-state index contributed by atoms with van der Waals surface area (Å²) in [4.78, 5) is 37.3. The molecule has 1 saturated heterocycles. The van der Waals surface area contributed by atoms with Gasteiger partial charge in [-0.1, -0.05) is 31.9 Å². The number of halogens is 1. The molecule has 2 N–H and O–H groups in total. The van der Waals surface area contributed by atoms with E-state index in [-0.39, 0.29) is 22.4 Å². The number of nitrogens with one attached hydrogen (secondary N) is 1. The van der Waals surface area contributed by atoms with Crippen molar-refractivity contribution >= 4 is 35.1 Å². The third-order valence-corrected chi connectivity index (χ3v) is 4.67. The maximum Gasteiger partial charge on any atom is 0.326 e. The summed E-state index contributed by atoms with van der Waals surface area (Å²) in [5, 5.41) is 12.0. The van der Waals surface area contributed by atoms with Gasteiger partial charge in [0.25, 0.3) is 5.91 Å². The number of rotatable bonds is 6. The van der Waals surface area contributed by atoms with Crippen LogP contribution in [0, 0.1) is 5.92 Å². The molecule has 1 aliphatic heterocycles. The molecule has 24 heavy (non-hydrogen) atoms. The number of hydrogen-bond acceptors (Lipinski definition) is 3. The van der Waals surface area contributed by atoms with Crippen LogP contribution < -0.4 is 10.2 Å². The summed E-state index contributed by atoms with van der Waals surface area (Å²) in [5.74, 6) is -1.85. The van der Waals surface area contributed by atoms with Crippen molar-refractivity contribution in [1.29, 1.82) is 0 Å². The first-order valence-electron chi connectivity index (χ1n) is 7.98. The van der Waals surface area contributed by atoms with E-state index < -0.39 is 17.9 Å². The van der Waals surface area contributed by atoms with Gasteiger partial charge in [-0.15, -0.1) is 0 Å². The minimum atomic E-state index is -1.08. The molecule has 1 fully saturated rings. The molecule has 0 radical (unpaired) electrons. The Morgan fingerprint density at radius 1 is 1.42 bits per heavy atom. The highest BCUT2D eigenvalue weighted by molar-refractivity contribution is 6.34. The zero-order valence-corrected chi connectivity index (χ0v) is 14.5. The first-order valence-corrected chi connectivity index (χ1v) is 8.36. The topological polar surface area (TPSA) is 86.7 Å². The van der Waals surface area contributed by atoms with Crippen molar-refractivity contribution in [3.05, 3.63) is 28.8 Å². The monoisotopic (exact) mass is 352 g/mol. The van der Waals surface area contributed by atoms with Gasteiger partial charge in [-0.2, -0.15) is 0 Å². The van der Waals surface area contributed by atoms with Crippen molar-refractivity contribution in [1.82, 2.24) is 5.32 Å². The second-order valence-corrected chi connectivity index (χ2v) is 6.40. The van der Waals surface area contributed by atoms with Crippen LogP contribution in [0.3, 0.4) is 0 Å². The van der Waals surface area contributed by atoms with Crippen molar-refractivity contribution in [2.45, 2.75) is 39.2 Å². The number of carbonyl (C=O) groups excluding carboxylic acids is 2. The summed E-state index contributed by atoms with van der Waals surface area (Å²) in [5.41, 5.74) is 0.769.